The lowest BCUT2D eigenvalue weighted by molar-refractivity contribution is -0.141. The molecule has 1 aliphatic rings. The van der Waals surface area contributed by atoms with Gasteiger partial charge in [0.05, 0.1) is 12.8 Å². The Hall–Kier alpha value is -2.36. The lowest BCUT2D eigenvalue weighted by Crippen LogP contribution is -2.33. The molecule has 25 heavy (non-hydrogen) atoms. The van der Waals surface area contributed by atoms with Gasteiger partial charge in [0, 0.05) is 18.3 Å². The Bertz CT molecular complexity index is 725. The number of thiazole rings is 1. The van der Waals surface area contributed by atoms with E-state index >= 15 is 0 Å². The average molecular weight is 375 g/mol. The second-order valence-electron chi connectivity index (χ2n) is 5.25. The fourth-order valence-corrected chi connectivity index (χ4v) is 3.09. The molecule has 2 heterocycles. The number of aromatic nitrogens is 1. The van der Waals surface area contributed by atoms with E-state index in [2.05, 4.69) is 9.72 Å². The summed E-state index contributed by atoms with van der Waals surface area (Å²) in [5, 5.41) is 2.36. The minimum atomic E-state index is -4.47. The summed E-state index contributed by atoms with van der Waals surface area (Å²) < 4.78 is 41.3. The first-order valence-electron chi connectivity index (χ1n) is 7.20. The van der Waals surface area contributed by atoms with E-state index in [0.29, 0.717) is 17.2 Å². The first-order chi connectivity index (χ1) is 11.7. The quantitative estimate of drug-likeness (QED) is 0.799. The number of hydrogen-bond acceptors (Lipinski definition) is 6. The van der Waals surface area contributed by atoms with Gasteiger partial charge in [-0.1, -0.05) is 6.08 Å². The standard InChI is InChI=1S/C15H16F3N3O3S/c1-9-12(13(23)19-8-15(16,17)18)25-14(20-9)10-4-3-5-21(6-10)7-11(22)24-2/h3-5H,6-8H2,1-2H3,(H,19,23). The van der Waals surface area contributed by atoms with E-state index < -0.39 is 24.6 Å². The summed E-state index contributed by atoms with van der Waals surface area (Å²) in [6, 6.07) is 0. The molecule has 6 nitrogen and oxygen atoms in total. The Morgan fingerprint density at radius 3 is 2.80 bits per heavy atom. The van der Waals surface area contributed by atoms with Crippen molar-refractivity contribution in [2.24, 2.45) is 0 Å². The van der Waals surface area contributed by atoms with Crippen molar-refractivity contribution in [1.82, 2.24) is 15.2 Å². The van der Waals surface area contributed by atoms with Gasteiger partial charge in [-0.3, -0.25) is 9.59 Å². The molecular weight excluding hydrogens is 359 g/mol. The van der Waals surface area contributed by atoms with Gasteiger partial charge in [0.15, 0.2) is 0 Å². The van der Waals surface area contributed by atoms with E-state index in [-0.39, 0.29) is 11.4 Å². The summed E-state index contributed by atoms with van der Waals surface area (Å²) in [5.74, 6) is -1.20. The fourth-order valence-electron chi connectivity index (χ4n) is 2.09. The van der Waals surface area contributed by atoms with E-state index in [9.17, 15) is 22.8 Å². The van der Waals surface area contributed by atoms with Crippen molar-refractivity contribution in [3.8, 4) is 0 Å². The van der Waals surface area contributed by atoms with Crippen molar-refractivity contribution in [3.05, 3.63) is 33.9 Å². The maximum atomic E-state index is 12.2. The molecule has 1 aromatic rings. The number of aryl methyl sites for hydroxylation is 1. The summed E-state index contributed by atoms with van der Waals surface area (Å²) in [6.45, 7) is 0.612. The Balaban J connectivity index is 2.09. The number of esters is 1. The van der Waals surface area contributed by atoms with Crippen LogP contribution in [0.1, 0.15) is 20.4 Å². The number of carbonyl (C=O) groups excluding carboxylic acids is 2. The number of alkyl halides is 3. The van der Waals surface area contributed by atoms with E-state index in [1.54, 1.807) is 30.2 Å². The number of rotatable bonds is 5. The molecule has 1 amide bonds. The van der Waals surface area contributed by atoms with E-state index in [1.165, 1.54) is 7.11 Å². The van der Waals surface area contributed by atoms with Gasteiger partial charge in [-0.15, -0.1) is 11.3 Å². The molecule has 1 aromatic heterocycles. The zero-order chi connectivity index (χ0) is 18.6. The molecule has 1 aliphatic heterocycles. The molecule has 0 atom stereocenters. The van der Waals surface area contributed by atoms with Gasteiger partial charge in [-0.2, -0.15) is 13.2 Å². The summed E-state index contributed by atoms with van der Waals surface area (Å²) in [7, 11) is 1.29. The van der Waals surface area contributed by atoms with Gasteiger partial charge in [0.25, 0.3) is 5.91 Å². The highest BCUT2D eigenvalue weighted by molar-refractivity contribution is 7.14. The SMILES string of the molecule is COC(=O)CN1C=CC=C(c2nc(C)c(C(=O)NCC(F)(F)F)s2)C1. The number of nitrogens with zero attached hydrogens (tertiary/aromatic N) is 2. The normalized spacial score (nSPS) is 14.3. The highest BCUT2D eigenvalue weighted by Gasteiger charge is 2.29. The van der Waals surface area contributed by atoms with Crippen LogP contribution < -0.4 is 5.32 Å². The molecule has 0 aromatic carbocycles. The first-order valence-corrected chi connectivity index (χ1v) is 8.02. The molecule has 0 unspecified atom stereocenters. The summed E-state index contributed by atoms with van der Waals surface area (Å²) in [6.07, 6.45) is 0.755. The van der Waals surface area contributed by atoms with Crippen LogP contribution in [-0.2, 0) is 9.53 Å². The number of ether oxygens (including phenoxy) is 1. The number of amides is 1. The third kappa shape index (κ3) is 5.31. The van der Waals surface area contributed by atoms with E-state index in [0.717, 1.165) is 16.9 Å². The fraction of sp³-hybridized carbons (Fsp3) is 0.400. The van der Waals surface area contributed by atoms with Gasteiger partial charge in [0.2, 0.25) is 0 Å². The van der Waals surface area contributed by atoms with Crippen molar-refractivity contribution >= 4 is 28.8 Å². The van der Waals surface area contributed by atoms with E-state index in [1.807, 2.05) is 5.32 Å². The predicted octanol–water partition coefficient (Wildman–Crippen LogP) is 2.13. The predicted molar refractivity (Wildman–Crippen MR) is 85.9 cm³/mol. The molecule has 10 heteroatoms. The minimum absolute atomic E-state index is 0.0631. The number of allylic oxidation sites excluding steroid dienone is 2. The van der Waals surface area contributed by atoms with Crippen LogP contribution >= 0.6 is 11.3 Å². The first kappa shape index (κ1) is 19.0. The van der Waals surface area contributed by atoms with Gasteiger partial charge in [0.1, 0.15) is 23.0 Å². The second kappa shape index (κ2) is 7.68. The van der Waals surface area contributed by atoms with Crippen LogP contribution in [0.25, 0.3) is 5.57 Å². The number of halogens is 3. The summed E-state index contributed by atoms with van der Waals surface area (Å²) in [5.41, 5.74) is 1.11. The van der Waals surface area contributed by atoms with Crippen molar-refractivity contribution < 1.29 is 27.5 Å². The molecule has 0 aliphatic carbocycles. The lowest BCUT2D eigenvalue weighted by atomic mass is 10.2. The van der Waals surface area contributed by atoms with E-state index in [4.69, 9.17) is 0 Å². The highest BCUT2D eigenvalue weighted by atomic mass is 32.1. The second-order valence-corrected chi connectivity index (χ2v) is 6.25. The Kier molecular flexibility index (Phi) is 5.83. The van der Waals surface area contributed by atoms with Crippen molar-refractivity contribution in [3.63, 3.8) is 0 Å². The largest absolute Gasteiger partial charge is 0.468 e. The van der Waals surface area contributed by atoms with Crippen LogP contribution in [0.5, 0.6) is 0 Å². The van der Waals surface area contributed by atoms with Crippen LogP contribution in [0.15, 0.2) is 18.4 Å². The van der Waals surface area contributed by atoms with Crippen LogP contribution in [0.4, 0.5) is 13.2 Å². The van der Waals surface area contributed by atoms with Gasteiger partial charge < -0.3 is 15.0 Å². The molecule has 0 radical (unpaired) electrons. The topological polar surface area (TPSA) is 71.5 Å². The highest BCUT2D eigenvalue weighted by Crippen LogP contribution is 2.27. The van der Waals surface area contributed by atoms with Crippen molar-refractivity contribution in [2.45, 2.75) is 13.1 Å². The van der Waals surface area contributed by atoms with Crippen molar-refractivity contribution in [2.75, 3.05) is 26.7 Å². The maximum absolute atomic E-state index is 12.2. The zero-order valence-corrected chi connectivity index (χ0v) is 14.3. The van der Waals surface area contributed by atoms with Gasteiger partial charge in [-0.25, -0.2) is 4.98 Å². The monoisotopic (exact) mass is 375 g/mol. The van der Waals surface area contributed by atoms with Crippen LogP contribution in [0.3, 0.4) is 0 Å². The van der Waals surface area contributed by atoms with Crippen LogP contribution in [-0.4, -0.2) is 54.7 Å². The lowest BCUT2D eigenvalue weighted by Gasteiger charge is -2.22. The van der Waals surface area contributed by atoms with Crippen LogP contribution in [0, 0.1) is 6.92 Å². The molecule has 0 fully saturated rings. The summed E-state index contributed by atoms with van der Waals surface area (Å²) >= 11 is 1.02. The smallest absolute Gasteiger partial charge is 0.405 e. The minimum Gasteiger partial charge on any atom is -0.468 e. The maximum Gasteiger partial charge on any atom is 0.405 e. The third-order valence-corrected chi connectivity index (χ3v) is 4.49. The molecule has 0 saturated heterocycles. The molecular formula is C15H16F3N3O3S. The molecule has 0 bridgehead atoms. The molecule has 136 valence electrons. The number of methoxy groups -OCH3 is 1. The molecule has 2 rings (SSSR count). The molecule has 1 N–H and O–H groups in total. The Morgan fingerprint density at radius 2 is 2.16 bits per heavy atom. The number of nitrogens with one attached hydrogen (secondary N) is 1. The Morgan fingerprint density at radius 1 is 1.44 bits per heavy atom. The summed E-state index contributed by atoms with van der Waals surface area (Å²) in [4.78, 5) is 29.4. The molecule has 0 saturated carbocycles. The number of carbonyl (C=O) groups is 2. The average Bonchev–Trinajstić information content (AvgIpc) is 2.94. The van der Waals surface area contributed by atoms with Crippen molar-refractivity contribution in [1.29, 1.82) is 0 Å². The Labute approximate surface area is 146 Å². The van der Waals surface area contributed by atoms with Gasteiger partial charge >= 0.3 is 12.1 Å². The van der Waals surface area contributed by atoms with Gasteiger partial charge in [-0.05, 0) is 13.0 Å². The third-order valence-electron chi connectivity index (χ3n) is 3.25. The van der Waals surface area contributed by atoms with Crippen LogP contribution in [0.2, 0.25) is 0 Å². The zero-order valence-electron chi connectivity index (χ0n) is 13.5. The molecule has 0 spiro atoms. The number of hydrogen-bond donors (Lipinski definition) is 1.